The maximum Gasteiger partial charge on any atom is 0.323 e. The van der Waals surface area contributed by atoms with E-state index in [4.69, 9.17) is 0 Å². The second-order valence-electron chi connectivity index (χ2n) is 6.54. The predicted molar refractivity (Wildman–Crippen MR) is 97.1 cm³/mol. The van der Waals surface area contributed by atoms with Crippen LogP contribution in [0.4, 0.5) is 0 Å². The number of piperazine rings is 1. The molecule has 4 rings (SSSR count). The number of likely N-dealkylation sites (N-methyl/N-ethyl adjacent to an activating group) is 1. The summed E-state index contributed by atoms with van der Waals surface area (Å²) in [5.41, 5.74) is 5.15. The molecule has 1 aromatic heterocycles. The van der Waals surface area contributed by atoms with Crippen LogP contribution in [0, 0.1) is 0 Å². The molecule has 24 heavy (non-hydrogen) atoms. The summed E-state index contributed by atoms with van der Waals surface area (Å²) in [5.74, 6) is 0. The molecule has 2 aromatic carbocycles. The summed E-state index contributed by atoms with van der Waals surface area (Å²) in [6.07, 6.45) is 0. The molecule has 0 atom stereocenters. The molecule has 1 fully saturated rings. The normalized spacial score (nSPS) is 16.7. The van der Waals surface area contributed by atoms with Crippen molar-refractivity contribution in [2.75, 3.05) is 33.2 Å². The lowest BCUT2D eigenvalue weighted by Gasteiger charge is -2.32. The van der Waals surface area contributed by atoms with Gasteiger partial charge in [0.05, 0.1) is 11.0 Å². The van der Waals surface area contributed by atoms with Gasteiger partial charge in [-0.1, -0.05) is 36.4 Å². The van der Waals surface area contributed by atoms with Crippen molar-refractivity contribution in [3.8, 4) is 11.1 Å². The van der Waals surface area contributed by atoms with E-state index in [2.05, 4.69) is 57.1 Å². The summed E-state index contributed by atoms with van der Waals surface area (Å²) in [6.45, 7) is 5.35. The van der Waals surface area contributed by atoms with Crippen LogP contribution >= 0.6 is 0 Å². The Morgan fingerprint density at radius 1 is 0.917 bits per heavy atom. The van der Waals surface area contributed by atoms with Gasteiger partial charge in [0.25, 0.3) is 0 Å². The van der Waals surface area contributed by atoms with E-state index in [1.54, 1.807) is 0 Å². The molecular formula is C19H22N4O. The maximum absolute atomic E-state index is 11.7. The van der Waals surface area contributed by atoms with Crippen LogP contribution in [-0.4, -0.2) is 53.0 Å². The SMILES string of the molecule is CN1CCN(Cc2ccccc2-c2cccc3[nH]c(=O)[nH]c23)CC1. The van der Waals surface area contributed by atoms with Gasteiger partial charge in [-0.25, -0.2) is 4.79 Å². The molecule has 124 valence electrons. The van der Waals surface area contributed by atoms with Gasteiger partial charge in [0.1, 0.15) is 0 Å². The van der Waals surface area contributed by atoms with Gasteiger partial charge in [-0.2, -0.15) is 0 Å². The average Bonchev–Trinajstić information content (AvgIpc) is 2.98. The van der Waals surface area contributed by atoms with Crippen LogP contribution in [0.25, 0.3) is 22.2 Å². The first-order chi connectivity index (χ1) is 11.7. The molecule has 2 heterocycles. The number of hydrogen-bond donors (Lipinski definition) is 2. The van der Waals surface area contributed by atoms with Gasteiger partial charge in [-0.15, -0.1) is 0 Å². The number of hydrogen-bond acceptors (Lipinski definition) is 3. The van der Waals surface area contributed by atoms with Gasteiger partial charge in [-0.3, -0.25) is 4.90 Å². The molecule has 1 aliphatic heterocycles. The molecule has 0 radical (unpaired) electrons. The van der Waals surface area contributed by atoms with Gasteiger partial charge in [0.15, 0.2) is 0 Å². The number of nitrogens with one attached hydrogen (secondary N) is 2. The highest BCUT2D eigenvalue weighted by atomic mass is 16.1. The summed E-state index contributed by atoms with van der Waals surface area (Å²) in [5, 5.41) is 0. The largest absolute Gasteiger partial charge is 0.323 e. The Hall–Kier alpha value is -2.37. The smallest absolute Gasteiger partial charge is 0.306 e. The number of imidazole rings is 1. The molecule has 0 bridgehead atoms. The van der Waals surface area contributed by atoms with E-state index in [9.17, 15) is 4.79 Å². The van der Waals surface area contributed by atoms with Gasteiger partial charge in [-0.05, 0) is 24.2 Å². The third-order valence-corrected chi connectivity index (χ3v) is 4.85. The lowest BCUT2D eigenvalue weighted by Crippen LogP contribution is -2.43. The zero-order valence-electron chi connectivity index (χ0n) is 13.9. The van der Waals surface area contributed by atoms with Crippen molar-refractivity contribution in [3.63, 3.8) is 0 Å². The van der Waals surface area contributed by atoms with Gasteiger partial charge in [0, 0.05) is 38.3 Å². The number of benzene rings is 2. The topological polar surface area (TPSA) is 55.1 Å². The van der Waals surface area contributed by atoms with Crippen LogP contribution in [0.3, 0.4) is 0 Å². The molecule has 5 nitrogen and oxygen atoms in total. The van der Waals surface area contributed by atoms with Crippen molar-refractivity contribution in [2.45, 2.75) is 6.54 Å². The number of rotatable bonds is 3. The van der Waals surface area contributed by atoms with Gasteiger partial charge in [0.2, 0.25) is 0 Å². The quantitative estimate of drug-likeness (QED) is 0.778. The predicted octanol–water partition coefficient (Wildman–Crippen LogP) is 2.27. The van der Waals surface area contributed by atoms with E-state index < -0.39 is 0 Å². The Labute approximate surface area is 140 Å². The zero-order valence-corrected chi connectivity index (χ0v) is 13.9. The lowest BCUT2D eigenvalue weighted by atomic mass is 9.98. The molecule has 5 heteroatoms. The Kier molecular flexibility index (Phi) is 3.96. The minimum atomic E-state index is -0.158. The van der Waals surface area contributed by atoms with Crippen LogP contribution in [0.2, 0.25) is 0 Å². The summed E-state index contributed by atoms with van der Waals surface area (Å²) in [6, 6.07) is 14.5. The molecular weight excluding hydrogens is 300 g/mol. The molecule has 3 aromatic rings. The highest BCUT2D eigenvalue weighted by Gasteiger charge is 2.16. The van der Waals surface area contributed by atoms with Crippen LogP contribution in [0.1, 0.15) is 5.56 Å². The summed E-state index contributed by atoms with van der Waals surface area (Å²) < 4.78 is 0. The van der Waals surface area contributed by atoms with Crippen LogP contribution in [0.15, 0.2) is 47.3 Å². The number of para-hydroxylation sites is 1. The third-order valence-electron chi connectivity index (χ3n) is 4.85. The number of H-pyrrole nitrogens is 2. The number of fused-ring (bicyclic) bond motifs is 1. The molecule has 2 N–H and O–H groups in total. The van der Waals surface area contributed by atoms with Crippen molar-refractivity contribution < 1.29 is 0 Å². The van der Waals surface area contributed by atoms with Crippen molar-refractivity contribution in [3.05, 3.63) is 58.5 Å². The monoisotopic (exact) mass is 322 g/mol. The Balaban J connectivity index is 1.72. The molecule has 0 unspecified atom stereocenters. The highest BCUT2D eigenvalue weighted by molar-refractivity contribution is 5.92. The lowest BCUT2D eigenvalue weighted by molar-refractivity contribution is 0.148. The fourth-order valence-corrected chi connectivity index (χ4v) is 3.45. The fourth-order valence-electron chi connectivity index (χ4n) is 3.45. The Morgan fingerprint density at radius 3 is 2.50 bits per heavy atom. The van der Waals surface area contributed by atoms with Crippen molar-refractivity contribution in [1.29, 1.82) is 0 Å². The second-order valence-corrected chi connectivity index (χ2v) is 6.54. The summed E-state index contributed by atoms with van der Waals surface area (Å²) >= 11 is 0. The standard InChI is InChI=1S/C19H22N4O/c1-22-9-11-23(12-10-22)13-14-5-2-3-6-15(14)16-7-4-8-17-18(16)21-19(24)20-17/h2-8H,9-13H2,1H3,(H2,20,21,24). The van der Waals surface area contributed by atoms with Gasteiger partial charge >= 0.3 is 5.69 Å². The Bertz CT molecular complexity index is 903. The van der Waals surface area contributed by atoms with Crippen LogP contribution < -0.4 is 5.69 Å². The Morgan fingerprint density at radius 2 is 1.67 bits per heavy atom. The zero-order chi connectivity index (χ0) is 16.5. The number of aromatic nitrogens is 2. The van der Waals surface area contributed by atoms with E-state index in [-0.39, 0.29) is 5.69 Å². The second kappa shape index (κ2) is 6.26. The fraction of sp³-hybridized carbons (Fsp3) is 0.316. The molecule has 1 saturated heterocycles. The molecule has 1 aliphatic rings. The molecule has 0 amide bonds. The number of nitrogens with zero attached hydrogens (tertiary/aromatic N) is 2. The first kappa shape index (κ1) is 15.2. The van der Waals surface area contributed by atoms with Crippen molar-refractivity contribution in [1.82, 2.24) is 19.8 Å². The highest BCUT2D eigenvalue weighted by Crippen LogP contribution is 2.29. The van der Waals surface area contributed by atoms with Crippen LogP contribution in [0.5, 0.6) is 0 Å². The minimum absolute atomic E-state index is 0.158. The first-order valence-electron chi connectivity index (χ1n) is 8.41. The first-order valence-corrected chi connectivity index (χ1v) is 8.41. The maximum atomic E-state index is 11.7. The van der Waals surface area contributed by atoms with Crippen molar-refractivity contribution >= 4 is 11.0 Å². The van der Waals surface area contributed by atoms with E-state index in [1.807, 2.05) is 12.1 Å². The average molecular weight is 322 g/mol. The van der Waals surface area contributed by atoms with Crippen LogP contribution in [-0.2, 0) is 6.54 Å². The van der Waals surface area contributed by atoms with E-state index >= 15 is 0 Å². The van der Waals surface area contributed by atoms with E-state index in [1.165, 1.54) is 11.1 Å². The van der Waals surface area contributed by atoms with E-state index in [0.29, 0.717) is 0 Å². The number of aromatic amines is 2. The van der Waals surface area contributed by atoms with Crippen molar-refractivity contribution in [2.24, 2.45) is 0 Å². The minimum Gasteiger partial charge on any atom is -0.306 e. The molecule has 0 aliphatic carbocycles. The summed E-state index contributed by atoms with van der Waals surface area (Å²) in [4.78, 5) is 22.3. The van der Waals surface area contributed by atoms with E-state index in [0.717, 1.165) is 49.3 Å². The molecule has 0 spiro atoms. The molecule has 0 saturated carbocycles. The van der Waals surface area contributed by atoms with Gasteiger partial charge < -0.3 is 14.9 Å². The third kappa shape index (κ3) is 2.88. The summed E-state index contributed by atoms with van der Waals surface area (Å²) in [7, 11) is 2.17.